The summed E-state index contributed by atoms with van der Waals surface area (Å²) in [6, 6.07) is 7.47. The molecule has 0 bridgehead atoms. The predicted octanol–water partition coefficient (Wildman–Crippen LogP) is 1.38. The number of hydrogen-bond donors (Lipinski definition) is 2. The number of aromatic nitrogens is 2. The number of carbonyl (C=O) groups is 1. The van der Waals surface area contributed by atoms with Gasteiger partial charge in [-0.2, -0.15) is 0 Å². The van der Waals surface area contributed by atoms with Crippen LogP contribution in [0.3, 0.4) is 0 Å². The van der Waals surface area contributed by atoms with E-state index in [1.54, 1.807) is 24.7 Å². The highest BCUT2D eigenvalue weighted by molar-refractivity contribution is 5.94. The molecule has 2 N–H and O–H groups in total. The van der Waals surface area contributed by atoms with Crippen LogP contribution in [0.2, 0.25) is 0 Å². The van der Waals surface area contributed by atoms with Gasteiger partial charge in [0, 0.05) is 38.2 Å². The van der Waals surface area contributed by atoms with Crippen LogP contribution >= 0.6 is 0 Å². The zero-order valence-electron chi connectivity index (χ0n) is 12.9. The Morgan fingerprint density at radius 2 is 1.95 bits per heavy atom. The summed E-state index contributed by atoms with van der Waals surface area (Å²) < 4.78 is 0. The van der Waals surface area contributed by atoms with Gasteiger partial charge in [-0.05, 0) is 43.9 Å². The molecule has 0 saturated carbocycles. The number of nitrogens with zero attached hydrogens (tertiary/aromatic N) is 3. The Morgan fingerprint density at radius 3 is 2.59 bits per heavy atom. The first kappa shape index (κ1) is 15.9. The molecule has 1 amide bonds. The Hall–Kier alpha value is -2.47. The second-order valence-corrected chi connectivity index (χ2v) is 5.20. The van der Waals surface area contributed by atoms with E-state index in [1.807, 2.05) is 37.2 Å². The van der Waals surface area contributed by atoms with Gasteiger partial charge >= 0.3 is 0 Å². The lowest BCUT2D eigenvalue weighted by atomic mass is 10.2. The maximum atomic E-state index is 11.9. The summed E-state index contributed by atoms with van der Waals surface area (Å²) in [7, 11) is 3.94. The number of amides is 1. The van der Waals surface area contributed by atoms with Crippen molar-refractivity contribution in [2.75, 3.05) is 32.5 Å². The third kappa shape index (κ3) is 5.14. The number of carbonyl (C=O) groups excluding carboxylic acids is 1. The second kappa shape index (κ2) is 8.09. The van der Waals surface area contributed by atoms with Gasteiger partial charge in [-0.15, -0.1) is 0 Å². The molecule has 116 valence electrons. The minimum absolute atomic E-state index is 0.102. The van der Waals surface area contributed by atoms with Crippen LogP contribution < -0.4 is 10.6 Å². The van der Waals surface area contributed by atoms with Crippen molar-refractivity contribution in [2.45, 2.75) is 6.54 Å². The summed E-state index contributed by atoms with van der Waals surface area (Å²) in [5.74, 6) is 0.636. The van der Waals surface area contributed by atoms with Gasteiger partial charge in [-0.1, -0.05) is 0 Å². The molecular formula is C16H21N5O. The summed E-state index contributed by atoms with van der Waals surface area (Å²) in [6.07, 6.45) is 5.09. The largest absolute Gasteiger partial charge is 0.366 e. The fraction of sp³-hybridized carbons (Fsp3) is 0.312. The average molecular weight is 299 g/mol. The summed E-state index contributed by atoms with van der Waals surface area (Å²) in [6.45, 7) is 2.10. The van der Waals surface area contributed by atoms with E-state index in [2.05, 4.69) is 20.6 Å². The van der Waals surface area contributed by atoms with E-state index in [4.69, 9.17) is 0 Å². The van der Waals surface area contributed by atoms with Crippen molar-refractivity contribution in [2.24, 2.45) is 0 Å². The zero-order chi connectivity index (χ0) is 15.8. The highest BCUT2D eigenvalue weighted by Crippen LogP contribution is 2.07. The second-order valence-electron chi connectivity index (χ2n) is 5.20. The number of pyridine rings is 2. The molecule has 2 heterocycles. The Kier molecular flexibility index (Phi) is 5.85. The van der Waals surface area contributed by atoms with Crippen LogP contribution in [0, 0.1) is 0 Å². The topological polar surface area (TPSA) is 70.2 Å². The molecule has 2 rings (SSSR count). The molecule has 0 aliphatic rings. The fourth-order valence-electron chi connectivity index (χ4n) is 1.82. The Balaban J connectivity index is 1.83. The molecule has 0 aliphatic carbocycles. The van der Waals surface area contributed by atoms with Crippen LogP contribution in [0.5, 0.6) is 0 Å². The van der Waals surface area contributed by atoms with Crippen molar-refractivity contribution in [3.8, 4) is 0 Å². The van der Waals surface area contributed by atoms with Crippen LogP contribution in [0.25, 0.3) is 0 Å². The lowest BCUT2D eigenvalue weighted by Gasteiger charge is -2.10. The molecule has 0 fully saturated rings. The van der Waals surface area contributed by atoms with E-state index < -0.39 is 0 Å². The Morgan fingerprint density at radius 1 is 1.18 bits per heavy atom. The molecule has 0 aliphatic heterocycles. The molecule has 2 aromatic rings. The van der Waals surface area contributed by atoms with Crippen molar-refractivity contribution < 1.29 is 4.79 Å². The van der Waals surface area contributed by atoms with E-state index in [9.17, 15) is 4.79 Å². The van der Waals surface area contributed by atoms with Gasteiger partial charge in [0.2, 0.25) is 0 Å². The van der Waals surface area contributed by atoms with Gasteiger partial charge in [0.25, 0.3) is 5.91 Å². The first-order chi connectivity index (χ1) is 10.6. The molecular weight excluding hydrogens is 278 g/mol. The van der Waals surface area contributed by atoms with E-state index >= 15 is 0 Å². The average Bonchev–Trinajstić information content (AvgIpc) is 2.54. The maximum absolute atomic E-state index is 11.9. The van der Waals surface area contributed by atoms with Gasteiger partial charge in [0.15, 0.2) is 0 Å². The molecule has 6 heteroatoms. The number of likely N-dealkylation sites (N-methyl/N-ethyl adjacent to an activating group) is 1. The predicted molar refractivity (Wildman–Crippen MR) is 86.7 cm³/mol. The minimum atomic E-state index is -0.102. The molecule has 6 nitrogen and oxygen atoms in total. The van der Waals surface area contributed by atoms with E-state index in [0.717, 1.165) is 17.9 Å². The lowest BCUT2D eigenvalue weighted by molar-refractivity contribution is 0.0950. The van der Waals surface area contributed by atoms with E-state index in [-0.39, 0.29) is 5.91 Å². The van der Waals surface area contributed by atoms with Gasteiger partial charge in [0.1, 0.15) is 5.82 Å². The summed E-state index contributed by atoms with van der Waals surface area (Å²) in [4.78, 5) is 22.2. The Labute approximate surface area is 130 Å². The third-order valence-corrected chi connectivity index (χ3v) is 3.09. The SMILES string of the molecule is CN(C)CCNC(=O)c1ccc(NCc2ccncc2)nc1. The maximum Gasteiger partial charge on any atom is 0.252 e. The van der Waals surface area contributed by atoms with Crippen molar-refractivity contribution in [1.82, 2.24) is 20.2 Å². The van der Waals surface area contributed by atoms with Crippen LogP contribution in [0.15, 0.2) is 42.9 Å². The van der Waals surface area contributed by atoms with Gasteiger partial charge in [-0.3, -0.25) is 9.78 Å². The molecule has 0 unspecified atom stereocenters. The highest BCUT2D eigenvalue weighted by atomic mass is 16.1. The monoisotopic (exact) mass is 299 g/mol. The van der Waals surface area contributed by atoms with E-state index in [0.29, 0.717) is 18.7 Å². The van der Waals surface area contributed by atoms with Crippen molar-refractivity contribution in [1.29, 1.82) is 0 Å². The summed E-state index contributed by atoms with van der Waals surface area (Å²) in [5.41, 5.74) is 1.69. The molecule has 0 aromatic carbocycles. The van der Waals surface area contributed by atoms with Gasteiger partial charge < -0.3 is 15.5 Å². The van der Waals surface area contributed by atoms with Gasteiger partial charge in [0.05, 0.1) is 5.56 Å². The highest BCUT2D eigenvalue weighted by Gasteiger charge is 2.05. The van der Waals surface area contributed by atoms with Crippen molar-refractivity contribution in [3.63, 3.8) is 0 Å². The molecule has 0 saturated heterocycles. The lowest BCUT2D eigenvalue weighted by Crippen LogP contribution is -2.31. The Bertz CT molecular complexity index is 583. The smallest absolute Gasteiger partial charge is 0.252 e. The fourth-order valence-corrected chi connectivity index (χ4v) is 1.82. The number of rotatable bonds is 7. The van der Waals surface area contributed by atoms with Crippen molar-refractivity contribution in [3.05, 3.63) is 54.0 Å². The number of hydrogen-bond acceptors (Lipinski definition) is 5. The molecule has 2 aromatic heterocycles. The molecule has 0 atom stereocenters. The normalized spacial score (nSPS) is 10.5. The van der Waals surface area contributed by atoms with Gasteiger partial charge in [-0.25, -0.2) is 4.98 Å². The minimum Gasteiger partial charge on any atom is -0.366 e. The number of anilines is 1. The standard InChI is InChI=1S/C16H21N5O/c1-21(2)10-9-18-16(22)14-3-4-15(20-12-14)19-11-13-5-7-17-8-6-13/h3-8,12H,9-11H2,1-2H3,(H,18,22)(H,19,20). The first-order valence-corrected chi connectivity index (χ1v) is 7.17. The zero-order valence-corrected chi connectivity index (χ0v) is 12.9. The van der Waals surface area contributed by atoms with Crippen LogP contribution in [0.1, 0.15) is 15.9 Å². The summed E-state index contributed by atoms with van der Waals surface area (Å²) in [5, 5.41) is 6.07. The van der Waals surface area contributed by atoms with Crippen LogP contribution in [-0.2, 0) is 6.54 Å². The third-order valence-electron chi connectivity index (χ3n) is 3.09. The molecule has 0 radical (unpaired) electrons. The number of nitrogens with one attached hydrogen (secondary N) is 2. The van der Waals surface area contributed by atoms with E-state index in [1.165, 1.54) is 0 Å². The first-order valence-electron chi connectivity index (χ1n) is 7.17. The summed E-state index contributed by atoms with van der Waals surface area (Å²) >= 11 is 0. The molecule has 22 heavy (non-hydrogen) atoms. The quantitative estimate of drug-likeness (QED) is 0.808. The van der Waals surface area contributed by atoms with Crippen molar-refractivity contribution >= 4 is 11.7 Å². The molecule has 0 spiro atoms. The van der Waals surface area contributed by atoms with Crippen LogP contribution in [0.4, 0.5) is 5.82 Å². The van der Waals surface area contributed by atoms with Crippen LogP contribution in [-0.4, -0.2) is 48.0 Å².